The van der Waals surface area contributed by atoms with Crippen molar-refractivity contribution >= 4 is 22.0 Å². The molecule has 0 atom stereocenters. The van der Waals surface area contributed by atoms with Crippen LogP contribution in [0.2, 0.25) is 0 Å². The van der Waals surface area contributed by atoms with E-state index in [1.807, 2.05) is 12.1 Å². The maximum atomic E-state index is 10.9. The first kappa shape index (κ1) is 13.7. The Morgan fingerprint density at radius 1 is 1.15 bits per heavy atom. The van der Waals surface area contributed by atoms with Crippen molar-refractivity contribution in [2.75, 3.05) is 13.2 Å². The first-order valence-corrected chi connectivity index (χ1v) is 7.74. The standard InChI is InChI=1S/C15H16BrNO3/c16-11-4-5-12-14(20-9-3-8-19-12)13(11)15(17-10-18)6-1-2-7-15/h4-5H,1-3,6-9H2. The average Bonchev–Trinajstić information content (AvgIpc) is 2.77. The van der Waals surface area contributed by atoms with Gasteiger partial charge in [0.25, 0.3) is 0 Å². The molecule has 106 valence electrons. The number of rotatable bonds is 2. The van der Waals surface area contributed by atoms with Gasteiger partial charge in [-0.2, -0.15) is 4.99 Å². The summed E-state index contributed by atoms with van der Waals surface area (Å²) in [5, 5.41) is 0. The summed E-state index contributed by atoms with van der Waals surface area (Å²) in [7, 11) is 0. The molecule has 3 rings (SSSR count). The molecule has 0 N–H and O–H groups in total. The van der Waals surface area contributed by atoms with Crippen LogP contribution < -0.4 is 9.47 Å². The predicted molar refractivity (Wildman–Crippen MR) is 78.0 cm³/mol. The van der Waals surface area contributed by atoms with E-state index in [1.165, 1.54) is 0 Å². The molecule has 0 radical (unpaired) electrons. The molecule has 1 aromatic rings. The highest BCUT2D eigenvalue weighted by Crippen LogP contribution is 2.51. The van der Waals surface area contributed by atoms with Crippen LogP contribution in [0.25, 0.3) is 0 Å². The van der Waals surface area contributed by atoms with Crippen LogP contribution in [-0.2, 0) is 10.3 Å². The van der Waals surface area contributed by atoms with Gasteiger partial charge >= 0.3 is 0 Å². The zero-order chi connectivity index (χ0) is 14.0. The summed E-state index contributed by atoms with van der Waals surface area (Å²) in [6.45, 7) is 1.27. The minimum absolute atomic E-state index is 0.514. The van der Waals surface area contributed by atoms with Gasteiger partial charge in [-0.05, 0) is 25.0 Å². The number of hydrogen-bond acceptors (Lipinski definition) is 4. The molecule has 0 spiro atoms. The molecule has 4 nitrogen and oxygen atoms in total. The summed E-state index contributed by atoms with van der Waals surface area (Å²) in [5.74, 6) is 1.48. The second-order valence-electron chi connectivity index (χ2n) is 5.24. The number of isocyanates is 1. The van der Waals surface area contributed by atoms with Gasteiger partial charge < -0.3 is 9.47 Å². The van der Waals surface area contributed by atoms with Gasteiger partial charge in [0.05, 0.1) is 13.2 Å². The highest BCUT2D eigenvalue weighted by atomic mass is 79.9. The highest BCUT2D eigenvalue weighted by molar-refractivity contribution is 9.10. The van der Waals surface area contributed by atoms with Crippen LogP contribution in [0.15, 0.2) is 21.6 Å². The smallest absolute Gasteiger partial charge is 0.235 e. The highest BCUT2D eigenvalue weighted by Gasteiger charge is 2.41. The SMILES string of the molecule is O=C=NC1(c2c(Br)ccc3c2OCCCO3)CCCC1. The van der Waals surface area contributed by atoms with Crippen LogP contribution >= 0.6 is 15.9 Å². The summed E-state index contributed by atoms with van der Waals surface area (Å²) >= 11 is 3.59. The number of fused-ring (bicyclic) bond motifs is 1. The molecule has 1 aliphatic carbocycles. The summed E-state index contributed by atoms with van der Waals surface area (Å²) in [6.07, 6.45) is 6.42. The number of halogens is 1. The third-order valence-electron chi connectivity index (χ3n) is 4.02. The number of hydrogen-bond donors (Lipinski definition) is 0. The van der Waals surface area contributed by atoms with E-state index < -0.39 is 5.54 Å². The second-order valence-corrected chi connectivity index (χ2v) is 6.10. The normalized spacial score (nSPS) is 20.1. The van der Waals surface area contributed by atoms with Crippen molar-refractivity contribution < 1.29 is 14.3 Å². The summed E-state index contributed by atoms with van der Waals surface area (Å²) < 4.78 is 12.6. The average molecular weight is 338 g/mol. The topological polar surface area (TPSA) is 47.9 Å². The van der Waals surface area contributed by atoms with Crippen LogP contribution in [0.1, 0.15) is 37.7 Å². The van der Waals surface area contributed by atoms with Crippen LogP contribution in [0.3, 0.4) is 0 Å². The molecule has 5 heteroatoms. The van der Waals surface area contributed by atoms with Crippen LogP contribution in [0.5, 0.6) is 11.5 Å². The zero-order valence-electron chi connectivity index (χ0n) is 11.2. The largest absolute Gasteiger partial charge is 0.490 e. The quantitative estimate of drug-likeness (QED) is 0.610. The Labute approximate surface area is 126 Å². The Morgan fingerprint density at radius 2 is 1.90 bits per heavy atom. The molecule has 0 amide bonds. The third kappa shape index (κ3) is 2.25. The maximum Gasteiger partial charge on any atom is 0.235 e. The fourth-order valence-corrected chi connectivity index (χ4v) is 3.79. The maximum absolute atomic E-state index is 10.9. The van der Waals surface area contributed by atoms with E-state index in [2.05, 4.69) is 20.9 Å². The van der Waals surface area contributed by atoms with E-state index in [9.17, 15) is 4.79 Å². The van der Waals surface area contributed by atoms with Gasteiger partial charge in [0.2, 0.25) is 6.08 Å². The van der Waals surface area contributed by atoms with Crippen molar-refractivity contribution in [1.82, 2.24) is 0 Å². The van der Waals surface area contributed by atoms with Crippen LogP contribution in [0, 0.1) is 0 Å². The molecular weight excluding hydrogens is 322 g/mol. The summed E-state index contributed by atoms with van der Waals surface area (Å²) in [5.41, 5.74) is 0.428. The first-order valence-electron chi connectivity index (χ1n) is 6.94. The first-order chi connectivity index (χ1) is 9.77. The fraction of sp³-hybridized carbons (Fsp3) is 0.533. The Kier molecular flexibility index (Phi) is 3.81. The lowest BCUT2D eigenvalue weighted by atomic mass is 9.88. The number of aliphatic imine (C=N–C) groups is 1. The Morgan fingerprint density at radius 3 is 2.65 bits per heavy atom. The van der Waals surface area contributed by atoms with Crippen LogP contribution in [-0.4, -0.2) is 19.3 Å². The molecule has 1 aromatic carbocycles. The van der Waals surface area contributed by atoms with E-state index in [0.717, 1.165) is 53.6 Å². The van der Waals surface area contributed by atoms with Crippen molar-refractivity contribution in [1.29, 1.82) is 0 Å². The predicted octanol–water partition coefficient (Wildman–Crippen LogP) is 3.72. The molecule has 1 heterocycles. The molecular formula is C15H16BrNO3. The molecule has 20 heavy (non-hydrogen) atoms. The minimum atomic E-state index is -0.514. The molecule has 1 saturated carbocycles. The molecule has 0 bridgehead atoms. The van der Waals surface area contributed by atoms with Gasteiger partial charge in [0, 0.05) is 16.5 Å². The Bertz CT molecular complexity index is 560. The lowest BCUT2D eigenvalue weighted by Crippen LogP contribution is -2.21. The van der Waals surface area contributed by atoms with Gasteiger partial charge in [0.1, 0.15) is 5.54 Å². The monoisotopic (exact) mass is 337 g/mol. The molecule has 2 aliphatic rings. The van der Waals surface area contributed by atoms with E-state index in [1.54, 1.807) is 6.08 Å². The van der Waals surface area contributed by atoms with Gasteiger partial charge in [-0.25, -0.2) is 4.79 Å². The second kappa shape index (κ2) is 5.58. The molecule has 0 saturated heterocycles. The number of ether oxygens (including phenoxy) is 2. The van der Waals surface area contributed by atoms with E-state index in [0.29, 0.717) is 13.2 Å². The van der Waals surface area contributed by atoms with Crippen LogP contribution in [0.4, 0.5) is 0 Å². The fourth-order valence-electron chi connectivity index (χ4n) is 3.11. The van der Waals surface area contributed by atoms with Crippen molar-refractivity contribution in [3.05, 3.63) is 22.2 Å². The lowest BCUT2D eigenvalue weighted by molar-refractivity contribution is 0.293. The number of nitrogens with zero attached hydrogens (tertiary/aromatic N) is 1. The Hall–Kier alpha value is -1.32. The van der Waals surface area contributed by atoms with E-state index in [-0.39, 0.29) is 0 Å². The van der Waals surface area contributed by atoms with Gasteiger partial charge in [-0.15, -0.1) is 0 Å². The van der Waals surface area contributed by atoms with Gasteiger partial charge in [0.15, 0.2) is 11.5 Å². The summed E-state index contributed by atoms with van der Waals surface area (Å²) in [4.78, 5) is 15.1. The number of carbonyl (C=O) groups excluding carboxylic acids is 1. The molecule has 0 aromatic heterocycles. The molecule has 1 aliphatic heterocycles. The van der Waals surface area contributed by atoms with Crippen molar-refractivity contribution in [2.24, 2.45) is 4.99 Å². The van der Waals surface area contributed by atoms with E-state index in [4.69, 9.17) is 9.47 Å². The number of benzene rings is 1. The molecule has 0 unspecified atom stereocenters. The van der Waals surface area contributed by atoms with E-state index >= 15 is 0 Å². The van der Waals surface area contributed by atoms with Crippen molar-refractivity contribution in [3.8, 4) is 11.5 Å². The molecule has 1 fully saturated rings. The zero-order valence-corrected chi connectivity index (χ0v) is 12.7. The lowest BCUT2D eigenvalue weighted by Gasteiger charge is -2.27. The van der Waals surface area contributed by atoms with Gasteiger partial charge in [-0.3, -0.25) is 0 Å². The van der Waals surface area contributed by atoms with Crippen molar-refractivity contribution in [2.45, 2.75) is 37.6 Å². The summed E-state index contributed by atoms with van der Waals surface area (Å²) in [6, 6.07) is 3.85. The third-order valence-corrected chi connectivity index (χ3v) is 4.68. The van der Waals surface area contributed by atoms with Gasteiger partial charge in [-0.1, -0.05) is 28.8 Å². The minimum Gasteiger partial charge on any atom is -0.490 e. The Balaban J connectivity index is 2.18. The van der Waals surface area contributed by atoms with Crippen molar-refractivity contribution in [3.63, 3.8) is 0 Å².